The number of nitrogens with one attached hydrogen (secondary N) is 1. The molecule has 0 bridgehead atoms. The van der Waals surface area contributed by atoms with Gasteiger partial charge in [0.25, 0.3) is 0 Å². The van der Waals surface area contributed by atoms with Gasteiger partial charge in [-0.15, -0.1) is 0 Å². The molecule has 1 atom stereocenters. The average molecular weight is 392 g/mol. The van der Waals surface area contributed by atoms with Crippen LogP contribution in [0.25, 0.3) is 0 Å². The molecule has 29 heavy (non-hydrogen) atoms. The normalized spacial score (nSPS) is 19.7. The van der Waals surface area contributed by atoms with E-state index in [-0.39, 0.29) is 11.8 Å². The number of aryl methyl sites for hydroxylation is 1. The maximum atomic E-state index is 12.8. The van der Waals surface area contributed by atoms with E-state index in [0.717, 1.165) is 17.8 Å². The second-order valence-corrected chi connectivity index (χ2v) is 7.99. The summed E-state index contributed by atoms with van der Waals surface area (Å²) in [5, 5.41) is 2.99. The molecule has 0 saturated carbocycles. The first-order valence-corrected chi connectivity index (χ1v) is 10.7. The first-order chi connectivity index (χ1) is 14.2. The lowest BCUT2D eigenvalue weighted by Gasteiger charge is -2.24. The van der Waals surface area contributed by atoms with Gasteiger partial charge in [-0.2, -0.15) is 0 Å². The Balaban J connectivity index is 1.32. The molecule has 0 aromatic heterocycles. The van der Waals surface area contributed by atoms with Gasteiger partial charge in [-0.1, -0.05) is 30.3 Å². The van der Waals surface area contributed by atoms with Crippen LogP contribution in [-0.4, -0.2) is 42.4 Å². The number of rotatable bonds is 7. The highest BCUT2D eigenvalue weighted by molar-refractivity contribution is 6.07. The smallest absolute Gasteiger partial charge is 0.247 e. The van der Waals surface area contributed by atoms with Crippen LogP contribution in [-0.2, 0) is 16.0 Å². The molecule has 0 spiro atoms. The lowest BCUT2D eigenvalue weighted by atomic mass is 10.1. The van der Waals surface area contributed by atoms with Crippen molar-refractivity contribution in [3.05, 3.63) is 60.2 Å². The number of carbonyl (C=O) groups is 2. The highest BCUT2D eigenvalue weighted by atomic mass is 16.2. The fraction of sp³-hybridized carbons (Fsp3) is 0.417. The number of nitrogens with zero attached hydrogens (tertiary/aromatic N) is 2. The Bertz CT molecular complexity index is 829. The van der Waals surface area contributed by atoms with Crippen molar-refractivity contribution in [2.75, 3.05) is 29.9 Å². The zero-order valence-corrected chi connectivity index (χ0v) is 16.8. The quantitative estimate of drug-likeness (QED) is 0.780. The van der Waals surface area contributed by atoms with Gasteiger partial charge in [0.1, 0.15) is 6.04 Å². The zero-order valence-electron chi connectivity index (χ0n) is 16.8. The summed E-state index contributed by atoms with van der Waals surface area (Å²) >= 11 is 0. The van der Waals surface area contributed by atoms with Crippen molar-refractivity contribution in [2.45, 2.75) is 44.6 Å². The fourth-order valence-corrected chi connectivity index (χ4v) is 4.34. The van der Waals surface area contributed by atoms with Gasteiger partial charge in [-0.3, -0.25) is 14.5 Å². The number of hydrogen-bond donors (Lipinski definition) is 1. The van der Waals surface area contributed by atoms with Crippen molar-refractivity contribution in [3.63, 3.8) is 0 Å². The Morgan fingerprint density at radius 1 is 1.00 bits per heavy atom. The highest BCUT2D eigenvalue weighted by Crippen LogP contribution is 2.27. The highest BCUT2D eigenvalue weighted by Gasteiger charge is 2.37. The van der Waals surface area contributed by atoms with Gasteiger partial charge in [0.15, 0.2) is 0 Å². The molecular formula is C24H29N3O2. The first kappa shape index (κ1) is 19.6. The van der Waals surface area contributed by atoms with E-state index in [1.165, 1.54) is 44.5 Å². The number of likely N-dealkylation sites (tertiary alicyclic amines) is 1. The minimum atomic E-state index is -0.454. The molecule has 0 aliphatic carbocycles. The predicted molar refractivity (Wildman–Crippen MR) is 116 cm³/mol. The third-order valence-electron chi connectivity index (χ3n) is 5.91. The number of amides is 2. The van der Waals surface area contributed by atoms with E-state index >= 15 is 0 Å². The molecule has 0 radical (unpaired) electrons. The predicted octanol–water partition coefficient (Wildman–Crippen LogP) is 3.85. The minimum Gasteiger partial charge on any atom is -0.324 e. The first-order valence-electron chi connectivity index (χ1n) is 10.7. The van der Waals surface area contributed by atoms with Crippen LogP contribution in [0.1, 0.15) is 37.7 Å². The van der Waals surface area contributed by atoms with Crippen LogP contribution < -0.4 is 10.2 Å². The van der Waals surface area contributed by atoms with Gasteiger partial charge in [0.2, 0.25) is 11.8 Å². The number of benzene rings is 2. The molecule has 152 valence electrons. The second kappa shape index (κ2) is 9.23. The summed E-state index contributed by atoms with van der Waals surface area (Å²) in [4.78, 5) is 29.3. The van der Waals surface area contributed by atoms with Crippen molar-refractivity contribution in [3.8, 4) is 0 Å². The molecule has 2 saturated heterocycles. The summed E-state index contributed by atoms with van der Waals surface area (Å²) in [6.45, 7) is 3.66. The van der Waals surface area contributed by atoms with Gasteiger partial charge >= 0.3 is 0 Å². The molecule has 5 nitrogen and oxygen atoms in total. The summed E-state index contributed by atoms with van der Waals surface area (Å²) in [5.74, 6) is -0.119. The SMILES string of the molecule is O=C(Nc1ccc(CCCN2CCCC2)cc1)C1CCC(=O)N1c1ccccc1. The van der Waals surface area contributed by atoms with Crippen LogP contribution in [0.3, 0.4) is 0 Å². The molecule has 4 rings (SSSR count). The molecule has 1 N–H and O–H groups in total. The number of carbonyl (C=O) groups excluding carboxylic acids is 2. The second-order valence-electron chi connectivity index (χ2n) is 7.99. The lowest BCUT2D eigenvalue weighted by Crippen LogP contribution is -2.41. The minimum absolute atomic E-state index is 0.00435. The van der Waals surface area contributed by atoms with E-state index in [4.69, 9.17) is 0 Å². The molecule has 2 aromatic carbocycles. The van der Waals surface area contributed by atoms with E-state index < -0.39 is 6.04 Å². The maximum absolute atomic E-state index is 12.8. The van der Waals surface area contributed by atoms with Crippen LogP contribution in [0, 0.1) is 0 Å². The average Bonchev–Trinajstić information content (AvgIpc) is 3.39. The van der Waals surface area contributed by atoms with Crippen LogP contribution in [0.4, 0.5) is 11.4 Å². The van der Waals surface area contributed by atoms with Crippen LogP contribution in [0.15, 0.2) is 54.6 Å². The maximum Gasteiger partial charge on any atom is 0.247 e. The van der Waals surface area contributed by atoms with E-state index in [2.05, 4.69) is 22.3 Å². The van der Waals surface area contributed by atoms with Gasteiger partial charge in [0.05, 0.1) is 0 Å². The van der Waals surface area contributed by atoms with E-state index in [1.807, 2.05) is 42.5 Å². The summed E-state index contributed by atoms with van der Waals surface area (Å²) in [5.41, 5.74) is 2.86. The summed E-state index contributed by atoms with van der Waals surface area (Å²) in [6, 6.07) is 17.1. The molecule has 2 fully saturated rings. The number of para-hydroxylation sites is 1. The Hall–Kier alpha value is -2.66. The molecule has 2 heterocycles. The molecule has 2 aliphatic rings. The van der Waals surface area contributed by atoms with Crippen molar-refractivity contribution in [2.24, 2.45) is 0 Å². The summed E-state index contributed by atoms with van der Waals surface area (Å²) < 4.78 is 0. The molecule has 1 unspecified atom stereocenters. The van der Waals surface area contributed by atoms with Crippen LogP contribution in [0.5, 0.6) is 0 Å². The Labute approximate surface area is 172 Å². The van der Waals surface area contributed by atoms with Gasteiger partial charge in [-0.05, 0) is 81.6 Å². The van der Waals surface area contributed by atoms with Crippen LogP contribution >= 0.6 is 0 Å². The third kappa shape index (κ3) is 4.85. The van der Waals surface area contributed by atoms with Crippen molar-refractivity contribution in [1.29, 1.82) is 0 Å². The van der Waals surface area contributed by atoms with E-state index in [9.17, 15) is 9.59 Å². The molecule has 2 aromatic rings. The Morgan fingerprint density at radius 3 is 2.45 bits per heavy atom. The topological polar surface area (TPSA) is 52.7 Å². The summed E-state index contributed by atoms with van der Waals surface area (Å²) in [6.07, 6.45) is 5.86. The van der Waals surface area contributed by atoms with Crippen LogP contribution in [0.2, 0.25) is 0 Å². The van der Waals surface area contributed by atoms with Crippen molar-refractivity contribution < 1.29 is 9.59 Å². The van der Waals surface area contributed by atoms with E-state index in [1.54, 1.807) is 4.90 Å². The third-order valence-corrected chi connectivity index (χ3v) is 5.91. The van der Waals surface area contributed by atoms with Crippen molar-refractivity contribution >= 4 is 23.2 Å². The van der Waals surface area contributed by atoms with Gasteiger partial charge < -0.3 is 10.2 Å². The van der Waals surface area contributed by atoms with Gasteiger partial charge in [0, 0.05) is 17.8 Å². The standard InChI is InChI=1S/C24H29N3O2/c28-23-15-14-22(27(23)21-8-2-1-3-9-21)24(29)25-20-12-10-19(11-13-20)7-6-18-26-16-4-5-17-26/h1-3,8-13,22H,4-7,14-18H2,(H,25,29). The number of hydrogen-bond acceptors (Lipinski definition) is 3. The monoisotopic (exact) mass is 391 g/mol. The Kier molecular flexibility index (Phi) is 6.25. The Morgan fingerprint density at radius 2 is 1.72 bits per heavy atom. The zero-order chi connectivity index (χ0) is 20.1. The number of anilines is 2. The summed E-state index contributed by atoms with van der Waals surface area (Å²) in [7, 11) is 0. The lowest BCUT2D eigenvalue weighted by molar-refractivity contribution is -0.120. The molecule has 2 aliphatic heterocycles. The molecular weight excluding hydrogens is 362 g/mol. The van der Waals surface area contributed by atoms with E-state index in [0.29, 0.717) is 12.8 Å². The fourth-order valence-electron chi connectivity index (χ4n) is 4.34. The molecule has 5 heteroatoms. The molecule has 2 amide bonds. The largest absolute Gasteiger partial charge is 0.324 e. The van der Waals surface area contributed by atoms with Crippen molar-refractivity contribution in [1.82, 2.24) is 4.90 Å². The van der Waals surface area contributed by atoms with Gasteiger partial charge in [-0.25, -0.2) is 0 Å².